The van der Waals surface area contributed by atoms with Crippen LogP contribution in [-0.2, 0) is 25.1 Å². The van der Waals surface area contributed by atoms with E-state index in [0.29, 0.717) is 35.7 Å². The van der Waals surface area contributed by atoms with Crippen LogP contribution in [0, 0.1) is 4.77 Å². The molecule has 3 aromatic rings. The van der Waals surface area contributed by atoms with Gasteiger partial charge in [-0.15, -0.1) is 0 Å². The standard InChI is InChI=1S/C22H22N2O2S/c1-3-23-19(25)18-15-22(16-11-7-5-8-12-16,17-13-9-6-10-14-17)26-20(18)24(4-2)21(23)27/h5-14H,3-4,15H2,1-2H3. The van der Waals surface area contributed by atoms with Crippen LogP contribution in [0.1, 0.15) is 30.5 Å². The van der Waals surface area contributed by atoms with E-state index in [1.165, 1.54) is 0 Å². The van der Waals surface area contributed by atoms with E-state index in [1.807, 2.05) is 54.8 Å². The maximum absolute atomic E-state index is 13.1. The third kappa shape index (κ3) is 2.65. The van der Waals surface area contributed by atoms with Gasteiger partial charge in [-0.1, -0.05) is 60.7 Å². The number of aromatic nitrogens is 2. The van der Waals surface area contributed by atoms with E-state index in [4.69, 9.17) is 17.0 Å². The lowest BCUT2D eigenvalue weighted by molar-refractivity contribution is 0.127. The first-order chi connectivity index (χ1) is 13.1. The van der Waals surface area contributed by atoms with E-state index in [2.05, 4.69) is 24.3 Å². The van der Waals surface area contributed by atoms with Gasteiger partial charge in [-0.25, -0.2) is 0 Å². The zero-order chi connectivity index (χ0) is 19.0. The van der Waals surface area contributed by atoms with Gasteiger partial charge in [-0.3, -0.25) is 13.9 Å². The molecule has 0 spiro atoms. The summed E-state index contributed by atoms with van der Waals surface area (Å²) in [6.45, 7) is 5.17. The van der Waals surface area contributed by atoms with Crippen molar-refractivity contribution < 1.29 is 4.74 Å². The SMILES string of the molecule is CCn1c2c(c(=O)n(CC)c1=S)CC(c1ccccc1)(c1ccccc1)O2. The Morgan fingerprint density at radius 3 is 1.93 bits per heavy atom. The fourth-order valence-corrected chi connectivity index (χ4v) is 4.34. The van der Waals surface area contributed by atoms with Gasteiger partial charge in [0.05, 0.1) is 5.56 Å². The smallest absolute Gasteiger partial charge is 0.261 e. The van der Waals surface area contributed by atoms with Gasteiger partial charge in [0.1, 0.15) is 0 Å². The first-order valence-corrected chi connectivity index (χ1v) is 9.69. The zero-order valence-corrected chi connectivity index (χ0v) is 16.3. The van der Waals surface area contributed by atoms with Gasteiger partial charge in [0, 0.05) is 30.6 Å². The van der Waals surface area contributed by atoms with Crippen LogP contribution in [0.3, 0.4) is 0 Å². The van der Waals surface area contributed by atoms with Crippen LogP contribution in [0.15, 0.2) is 65.5 Å². The van der Waals surface area contributed by atoms with E-state index in [9.17, 15) is 4.79 Å². The molecule has 0 bridgehead atoms. The van der Waals surface area contributed by atoms with Gasteiger partial charge >= 0.3 is 0 Å². The minimum atomic E-state index is -0.727. The number of hydrogen-bond acceptors (Lipinski definition) is 3. The fourth-order valence-electron chi connectivity index (χ4n) is 3.92. The summed E-state index contributed by atoms with van der Waals surface area (Å²) in [4.78, 5) is 13.1. The second-order valence-corrected chi connectivity index (χ2v) is 7.06. The molecule has 0 amide bonds. The second-order valence-electron chi connectivity index (χ2n) is 6.70. The molecule has 1 aromatic heterocycles. The van der Waals surface area contributed by atoms with Crippen molar-refractivity contribution in [2.45, 2.75) is 39.0 Å². The van der Waals surface area contributed by atoms with Crippen molar-refractivity contribution in [3.63, 3.8) is 0 Å². The summed E-state index contributed by atoms with van der Waals surface area (Å²) in [5.41, 5.74) is 1.98. The predicted octanol–water partition coefficient (Wildman–Crippen LogP) is 4.30. The Morgan fingerprint density at radius 2 is 1.44 bits per heavy atom. The van der Waals surface area contributed by atoms with Crippen LogP contribution in [0.4, 0.5) is 0 Å². The first kappa shape index (κ1) is 17.7. The maximum atomic E-state index is 13.1. The number of rotatable bonds is 4. The highest BCUT2D eigenvalue weighted by Gasteiger charge is 2.45. The molecule has 0 saturated heterocycles. The highest BCUT2D eigenvalue weighted by atomic mass is 32.1. The van der Waals surface area contributed by atoms with Crippen molar-refractivity contribution in [1.82, 2.24) is 9.13 Å². The Hall–Kier alpha value is -2.66. The molecular weight excluding hydrogens is 356 g/mol. The van der Waals surface area contributed by atoms with Crippen LogP contribution in [0.25, 0.3) is 0 Å². The summed E-state index contributed by atoms with van der Waals surface area (Å²) in [5.74, 6) is 0.602. The number of fused-ring (bicyclic) bond motifs is 1. The molecule has 0 aliphatic carbocycles. The lowest BCUT2D eigenvalue weighted by Gasteiger charge is -2.30. The van der Waals surface area contributed by atoms with E-state index < -0.39 is 5.60 Å². The van der Waals surface area contributed by atoms with Gasteiger partial charge < -0.3 is 4.74 Å². The van der Waals surface area contributed by atoms with Gasteiger partial charge in [0.25, 0.3) is 5.56 Å². The molecule has 1 aliphatic rings. The van der Waals surface area contributed by atoms with Crippen molar-refractivity contribution >= 4 is 12.2 Å². The summed E-state index contributed by atoms with van der Waals surface area (Å²) in [5, 5.41) is 0. The Labute approximate surface area is 163 Å². The van der Waals surface area contributed by atoms with Crippen LogP contribution in [-0.4, -0.2) is 9.13 Å². The Balaban J connectivity index is 2.01. The quantitative estimate of drug-likeness (QED) is 0.635. The van der Waals surface area contributed by atoms with Crippen molar-refractivity contribution in [2.75, 3.05) is 0 Å². The summed E-state index contributed by atoms with van der Waals surface area (Å²) >= 11 is 5.57. The van der Waals surface area contributed by atoms with E-state index >= 15 is 0 Å². The number of ether oxygens (including phenoxy) is 1. The number of hydrogen-bond donors (Lipinski definition) is 0. The molecule has 0 saturated carbocycles. The van der Waals surface area contributed by atoms with Gasteiger partial charge in [0.2, 0.25) is 5.88 Å². The average molecular weight is 378 g/mol. The third-order valence-electron chi connectivity index (χ3n) is 5.28. The molecular formula is C22H22N2O2S. The van der Waals surface area contributed by atoms with Crippen LogP contribution < -0.4 is 10.3 Å². The fraction of sp³-hybridized carbons (Fsp3) is 0.273. The molecule has 2 heterocycles. The van der Waals surface area contributed by atoms with Crippen molar-refractivity contribution in [2.24, 2.45) is 0 Å². The van der Waals surface area contributed by atoms with Gasteiger partial charge in [-0.2, -0.15) is 0 Å². The van der Waals surface area contributed by atoms with Crippen molar-refractivity contribution in [1.29, 1.82) is 0 Å². The molecule has 0 unspecified atom stereocenters. The number of benzene rings is 2. The molecule has 0 radical (unpaired) electrons. The molecule has 2 aromatic carbocycles. The molecule has 4 rings (SSSR count). The summed E-state index contributed by atoms with van der Waals surface area (Å²) in [6.07, 6.45) is 0.491. The zero-order valence-electron chi connectivity index (χ0n) is 15.5. The highest BCUT2D eigenvalue weighted by molar-refractivity contribution is 7.71. The first-order valence-electron chi connectivity index (χ1n) is 9.29. The van der Waals surface area contributed by atoms with Crippen molar-refractivity contribution in [3.8, 4) is 5.88 Å². The van der Waals surface area contributed by atoms with E-state index in [0.717, 1.165) is 11.1 Å². The minimum absolute atomic E-state index is 0.0454. The molecule has 0 fully saturated rings. The summed E-state index contributed by atoms with van der Waals surface area (Å²) in [6, 6.07) is 20.2. The lowest BCUT2D eigenvalue weighted by atomic mass is 9.83. The molecule has 1 aliphatic heterocycles. The van der Waals surface area contributed by atoms with Crippen LogP contribution in [0.5, 0.6) is 5.88 Å². The molecule has 5 heteroatoms. The average Bonchev–Trinajstić information content (AvgIpc) is 3.12. The van der Waals surface area contributed by atoms with Crippen LogP contribution >= 0.6 is 12.2 Å². The predicted molar refractivity (Wildman–Crippen MR) is 109 cm³/mol. The monoisotopic (exact) mass is 378 g/mol. The summed E-state index contributed by atoms with van der Waals surface area (Å²) < 4.78 is 10.7. The lowest BCUT2D eigenvalue weighted by Crippen LogP contribution is -2.33. The number of nitrogens with zero attached hydrogens (tertiary/aromatic N) is 2. The van der Waals surface area contributed by atoms with Crippen LogP contribution in [0.2, 0.25) is 0 Å². The molecule has 4 nitrogen and oxygen atoms in total. The third-order valence-corrected chi connectivity index (χ3v) is 5.72. The Kier molecular flexibility index (Phi) is 4.48. The normalized spacial score (nSPS) is 14.6. The van der Waals surface area contributed by atoms with Crippen molar-refractivity contribution in [3.05, 3.63) is 92.5 Å². The molecule has 0 atom stereocenters. The molecule has 138 valence electrons. The van der Waals surface area contributed by atoms with E-state index in [-0.39, 0.29) is 5.56 Å². The Bertz CT molecular complexity index is 1050. The highest BCUT2D eigenvalue weighted by Crippen LogP contribution is 2.44. The van der Waals surface area contributed by atoms with Gasteiger partial charge in [0.15, 0.2) is 10.4 Å². The minimum Gasteiger partial charge on any atom is -0.462 e. The van der Waals surface area contributed by atoms with Gasteiger partial charge in [-0.05, 0) is 26.1 Å². The largest absolute Gasteiger partial charge is 0.462 e. The van der Waals surface area contributed by atoms with E-state index in [1.54, 1.807) is 4.57 Å². The topological polar surface area (TPSA) is 36.2 Å². The summed E-state index contributed by atoms with van der Waals surface area (Å²) in [7, 11) is 0. The Morgan fingerprint density at radius 1 is 0.926 bits per heavy atom. The molecule has 0 N–H and O–H groups in total. The molecule has 27 heavy (non-hydrogen) atoms. The maximum Gasteiger partial charge on any atom is 0.261 e. The second kappa shape index (κ2) is 6.82.